The minimum atomic E-state index is -0.506. The third-order valence-electron chi connectivity index (χ3n) is 4.57. The van der Waals surface area contributed by atoms with Gasteiger partial charge in [-0.2, -0.15) is 0 Å². The summed E-state index contributed by atoms with van der Waals surface area (Å²) in [6, 6.07) is 19.1. The van der Waals surface area contributed by atoms with E-state index < -0.39 is 5.97 Å². The van der Waals surface area contributed by atoms with Crippen LogP contribution in [0.25, 0.3) is 6.08 Å². The summed E-state index contributed by atoms with van der Waals surface area (Å²) in [5, 5.41) is 0. The number of ether oxygens (including phenoxy) is 3. The molecular formula is C25H19FINO4. The predicted molar refractivity (Wildman–Crippen MR) is 128 cm³/mol. The molecule has 0 radical (unpaired) electrons. The highest BCUT2D eigenvalue weighted by Crippen LogP contribution is 2.36. The molecule has 0 unspecified atom stereocenters. The molecule has 0 fully saturated rings. The molecule has 0 saturated heterocycles. The minimum Gasteiger partial charge on any atom is -0.490 e. The van der Waals surface area contributed by atoms with Gasteiger partial charge in [0.2, 0.25) is 5.90 Å². The second-order valence-electron chi connectivity index (χ2n) is 6.88. The van der Waals surface area contributed by atoms with Crippen LogP contribution in [0.15, 0.2) is 77.4 Å². The van der Waals surface area contributed by atoms with E-state index in [1.807, 2.05) is 43.3 Å². The van der Waals surface area contributed by atoms with Crippen LogP contribution in [0.3, 0.4) is 0 Å². The van der Waals surface area contributed by atoms with Crippen LogP contribution in [0.4, 0.5) is 4.39 Å². The van der Waals surface area contributed by atoms with Gasteiger partial charge in [-0.1, -0.05) is 30.3 Å². The number of carbonyl (C=O) groups is 1. The Kier molecular flexibility index (Phi) is 6.84. The molecular weight excluding hydrogens is 524 g/mol. The molecule has 0 saturated carbocycles. The van der Waals surface area contributed by atoms with Gasteiger partial charge in [0.05, 0.1) is 10.2 Å². The fourth-order valence-corrected chi connectivity index (χ4v) is 3.86. The van der Waals surface area contributed by atoms with Crippen molar-refractivity contribution in [3.63, 3.8) is 0 Å². The zero-order valence-corrected chi connectivity index (χ0v) is 19.3. The summed E-state index contributed by atoms with van der Waals surface area (Å²) in [6.45, 7) is 2.60. The highest BCUT2D eigenvalue weighted by Gasteiger charge is 2.24. The number of nitrogens with zero attached hydrogens (tertiary/aromatic N) is 1. The van der Waals surface area contributed by atoms with Gasteiger partial charge in [-0.25, -0.2) is 14.2 Å². The molecule has 4 rings (SSSR count). The first-order valence-electron chi connectivity index (χ1n) is 9.95. The number of hydrogen-bond donors (Lipinski definition) is 0. The summed E-state index contributed by atoms with van der Waals surface area (Å²) >= 11 is 2.16. The van der Waals surface area contributed by atoms with E-state index in [4.69, 9.17) is 14.2 Å². The maximum absolute atomic E-state index is 13.1. The highest BCUT2D eigenvalue weighted by molar-refractivity contribution is 14.1. The lowest BCUT2D eigenvalue weighted by molar-refractivity contribution is -0.129. The van der Waals surface area contributed by atoms with Crippen LogP contribution >= 0.6 is 22.6 Å². The Morgan fingerprint density at radius 2 is 1.81 bits per heavy atom. The Morgan fingerprint density at radius 3 is 2.53 bits per heavy atom. The van der Waals surface area contributed by atoms with E-state index in [1.165, 1.54) is 12.1 Å². The van der Waals surface area contributed by atoms with Gasteiger partial charge in [-0.05, 0) is 83.1 Å². The number of aliphatic imine (C=N–C) groups is 1. The summed E-state index contributed by atoms with van der Waals surface area (Å²) in [6.07, 6.45) is 1.66. The van der Waals surface area contributed by atoms with Crippen molar-refractivity contribution >= 4 is 40.5 Å². The standard InChI is InChI=1S/C25H19FINO4/c1-2-30-22-14-17(12-20(27)23(22)31-15-16-8-10-19(26)11-9-16)13-21-25(29)32-24(28-21)18-6-4-3-5-7-18/h3-14H,2,15H2,1H3/b21-13-. The number of carbonyl (C=O) groups excluding carboxylic acids is 1. The van der Waals surface area contributed by atoms with Gasteiger partial charge in [-0.15, -0.1) is 0 Å². The van der Waals surface area contributed by atoms with Crippen molar-refractivity contribution in [2.75, 3.05) is 6.61 Å². The summed E-state index contributed by atoms with van der Waals surface area (Å²) in [7, 11) is 0. The zero-order valence-electron chi connectivity index (χ0n) is 17.2. The third kappa shape index (κ3) is 5.16. The molecule has 0 N–H and O–H groups in total. The number of hydrogen-bond acceptors (Lipinski definition) is 5. The summed E-state index contributed by atoms with van der Waals surface area (Å²) in [5.74, 6) is 0.613. The van der Waals surface area contributed by atoms with Crippen molar-refractivity contribution < 1.29 is 23.4 Å². The van der Waals surface area contributed by atoms with Gasteiger partial charge in [0.25, 0.3) is 0 Å². The van der Waals surface area contributed by atoms with Crippen molar-refractivity contribution in [1.82, 2.24) is 0 Å². The second-order valence-corrected chi connectivity index (χ2v) is 8.04. The molecule has 162 valence electrons. The normalized spacial score (nSPS) is 14.3. The van der Waals surface area contributed by atoms with E-state index in [0.29, 0.717) is 18.1 Å². The summed E-state index contributed by atoms with van der Waals surface area (Å²) < 4.78 is 31.0. The van der Waals surface area contributed by atoms with Crippen LogP contribution in [0.2, 0.25) is 0 Å². The molecule has 1 heterocycles. The van der Waals surface area contributed by atoms with Gasteiger partial charge in [0.1, 0.15) is 12.4 Å². The Labute approximate surface area is 198 Å². The summed E-state index contributed by atoms with van der Waals surface area (Å²) in [5.41, 5.74) is 2.52. The molecule has 0 bridgehead atoms. The molecule has 1 aliphatic rings. The van der Waals surface area contributed by atoms with E-state index in [0.717, 1.165) is 20.3 Å². The Balaban J connectivity index is 1.60. The van der Waals surface area contributed by atoms with Crippen molar-refractivity contribution in [1.29, 1.82) is 0 Å². The van der Waals surface area contributed by atoms with Crippen LogP contribution in [-0.4, -0.2) is 18.5 Å². The zero-order chi connectivity index (χ0) is 22.5. The van der Waals surface area contributed by atoms with Gasteiger partial charge >= 0.3 is 5.97 Å². The molecule has 5 nitrogen and oxygen atoms in total. The Morgan fingerprint density at radius 1 is 1.06 bits per heavy atom. The molecule has 1 aliphatic heterocycles. The lowest BCUT2D eigenvalue weighted by Crippen LogP contribution is -2.05. The monoisotopic (exact) mass is 543 g/mol. The molecule has 3 aromatic rings. The first-order valence-corrected chi connectivity index (χ1v) is 11.0. The summed E-state index contributed by atoms with van der Waals surface area (Å²) in [4.78, 5) is 16.7. The van der Waals surface area contributed by atoms with Crippen molar-refractivity contribution in [3.05, 3.63) is 98.5 Å². The van der Waals surface area contributed by atoms with Gasteiger partial charge in [-0.3, -0.25) is 0 Å². The average Bonchev–Trinajstić information content (AvgIpc) is 3.15. The molecule has 32 heavy (non-hydrogen) atoms. The number of cyclic esters (lactones) is 1. The number of rotatable bonds is 7. The van der Waals surface area contributed by atoms with Crippen LogP contribution in [-0.2, 0) is 16.1 Å². The second kappa shape index (κ2) is 9.95. The molecule has 7 heteroatoms. The van der Waals surface area contributed by atoms with Crippen molar-refractivity contribution in [2.24, 2.45) is 4.99 Å². The maximum atomic E-state index is 13.1. The molecule has 0 atom stereocenters. The quantitative estimate of drug-likeness (QED) is 0.216. The largest absolute Gasteiger partial charge is 0.490 e. The van der Waals surface area contributed by atoms with Gasteiger partial charge < -0.3 is 14.2 Å². The SMILES string of the molecule is CCOc1cc(/C=C2\N=C(c3ccccc3)OC2=O)cc(I)c1OCc1ccc(F)cc1. The van der Waals surface area contributed by atoms with Crippen molar-refractivity contribution in [2.45, 2.75) is 13.5 Å². The van der Waals surface area contributed by atoms with Gasteiger partial charge in [0.15, 0.2) is 17.2 Å². The smallest absolute Gasteiger partial charge is 0.363 e. The van der Waals surface area contributed by atoms with Crippen LogP contribution in [0.1, 0.15) is 23.6 Å². The lowest BCUT2D eigenvalue weighted by atomic mass is 10.1. The number of esters is 1. The Bertz CT molecular complexity index is 1190. The first kappa shape index (κ1) is 22.0. The highest BCUT2D eigenvalue weighted by atomic mass is 127. The molecule has 0 aliphatic carbocycles. The fourth-order valence-electron chi connectivity index (χ4n) is 3.08. The van der Waals surface area contributed by atoms with E-state index >= 15 is 0 Å². The average molecular weight is 543 g/mol. The minimum absolute atomic E-state index is 0.210. The molecule has 0 spiro atoms. The van der Waals surface area contributed by atoms with Crippen LogP contribution < -0.4 is 9.47 Å². The molecule has 0 amide bonds. The first-order chi connectivity index (χ1) is 15.5. The van der Waals surface area contributed by atoms with E-state index in [-0.39, 0.29) is 24.0 Å². The molecule has 3 aromatic carbocycles. The number of benzene rings is 3. The van der Waals surface area contributed by atoms with Crippen molar-refractivity contribution in [3.8, 4) is 11.5 Å². The van der Waals surface area contributed by atoms with Crippen LogP contribution in [0.5, 0.6) is 11.5 Å². The predicted octanol–water partition coefficient (Wildman–Crippen LogP) is 5.75. The van der Waals surface area contributed by atoms with E-state index in [2.05, 4.69) is 27.6 Å². The Hall–Kier alpha value is -3.20. The third-order valence-corrected chi connectivity index (χ3v) is 5.37. The topological polar surface area (TPSA) is 57.1 Å². The molecule has 0 aromatic heterocycles. The number of halogens is 2. The fraction of sp³-hybridized carbons (Fsp3) is 0.120. The van der Waals surface area contributed by atoms with Crippen LogP contribution in [0, 0.1) is 9.39 Å². The maximum Gasteiger partial charge on any atom is 0.363 e. The van der Waals surface area contributed by atoms with E-state index in [9.17, 15) is 9.18 Å². The van der Waals surface area contributed by atoms with E-state index in [1.54, 1.807) is 24.3 Å². The van der Waals surface area contributed by atoms with Gasteiger partial charge in [0, 0.05) is 5.56 Å². The lowest BCUT2D eigenvalue weighted by Gasteiger charge is -2.15.